The van der Waals surface area contributed by atoms with E-state index in [-0.39, 0.29) is 6.04 Å². The molecule has 0 saturated heterocycles. The minimum atomic E-state index is -0.0684. The Kier molecular flexibility index (Phi) is 2.48. The van der Waals surface area contributed by atoms with Crippen molar-refractivity contribution in [2.45, 2.75) is 6.04 Å². The molecule has 0 aromatic heterocycles. The Labute approximate surface area is 83.5 Å². The maximum Gasteiger partial charge on any atom is 0.0425 e. The van der Waals surface area contributed by atoms with Crippen LogP contribution >= 0.6 is 0 Å². The van der Waals surface area contributed by atoms with Crippen LogP contribution in [0.25, 0.3) is 10.8 Å². The van der Waals surface area contributed by atoms with E-state index in [4.69, 9.17) is 11.5 Å². The van der Waals surface area contributed by atoms with Crippen molar-refractivity contribution >= 4 is 10.8 Å². The van der Waals surface area contributed by atoms with Gasteiger partial charge in [0, 0.05) is 12.6 Å². The van der Waals surface area contributed by atoms with Gasteiger partial charge in [0.05, 0.1) is 0 Å². The van der Waals surface area contributed by atoms with Crippen molar-refractivity contribution in [3.63, 3.8) is 0 Å². The third-order valence-corrected chi connectivity index (χ3v) is 2.48. The topological polar surface area (TPSA) is 52.0 Å². The van der Waals surface area contributed by atoms with E-state index >= 15 is 0 Å². The van der Waals surface area contributed by atoms with Crippen molar-refractivity contribution < 1.29 is 0 Å². The number of hydrogen-bond donors (Lipinski definition) is 2. The standard InChI is InChI=1S/C12H14N2/c13-8-12(14)11-7-3-5-9-4-1-2-6-10(9)11/h1-7,12H,8,13-14H2/t12-/m1/s1. The van der Waals surface area contributed by atoms with E-state index < -0.39 is 0 Å². The second-order valence-corrected chi connectivity index (χ2v) is 3.41. The molecule has 0 amide bonds. The summed E-state index contributed by atoms with van der Waals surface area (Å²) in [5.41, 5.74) is 12.6. The molecule has 0 spiro atoms. The fourth-order valence-electron chi connectivity index (χ4n) is 1.70. The smallest absolute Gasteiger partial charge is 0.0425 e. The van der Waals surface area contributed by atoms with Crippen molar-refractivity contribution in [3.05, 3.63) is 48.0 Å². The van der Waals surface area contributed by atoms with Gasteiger partial charge in [0.1, 0.15) is 0 Å². The zero-order chi connectivity index (χ0) is 9.97. The summed E-state index contributed by atoms with van der Waals surface area (Å²) in [4.78, 5) is 0. The highest BCUT2D eigenvalue weighted by atomic mass is 14.7. The summed E-state index contributed by atoms with van der Waals surface area (Å²) in [7, 11) is 0. The first kappa shape index (κ1) is 9.19. The molecule has 0 saturated carbocycles. The summed E-state index contributed by atoms with van der Waals surface area (Å²) < 4.78 is 0. The molecule has 0 unspecified atom stereocenters. The summed E-state index contributed by atoms with van der Waals surface area (Å²) >= 11 is 0. The molecule has 2 nitrogen and oxygen atoms in total. The van der Waals surface area contributed by atoms with E-state index in [1.54, 1.807) is 0 Å². The molecule has 0 fully saturated rings. The van der Waals surface area contributed by atoms with Crippen LogP contribution in [0.3, 0.4) is 0 Å². The van der Waals surface area contributed by atoms with Gasteiger partial charge in [-0.2, -0.15) is 0 Å². The van der Waals surface area contributed by atoms with Crippen molar-refractivity contribution in [2.24, 2.45) is 11.5 Å². The van der Waals surface area contributed by atoms with Gasteiger partial charge in [0.25, 0.3) is 0 Å². The second-order valence-electron chi connectivity index (χ2n) is 3.41. The van der Waals surface area contributed by atoms with Crippen LogP contribution in [0.1, 0.15) is 11.6 Å². The monoisotopic (exact) mass is 186 g/mol. The molecule has 2 heteroatoms. The highest BCUT2D eigenvalue weighted by molar-refractivity contribution is 5.86. The van der Waals surface area contributed by atoms with Crippen LogP contribution in [0, 0.1) is 0 Å². The average molecular weight is 186 g/mol. The molecule has 2 aromatic rings. The Morgan fingerprint density at radius 3 is 2.50 bits per heavy atom. The lowest BCUT2D eigenvalue weighted by atomic mass is 9.99. The molecule has 0 aliphatic heterocycles. The highest BCUT2D eigenvalue weighted by Crippen LogP contribution is 2.22. The first-order valence-electron chi connectivity index (χ1n) is 4.76. The van der Waals surface area contributed by atoms with Crippen LogP contribution < -0.4 is 11.5 Å². The molecule has 4 N–H and O–H groups in total. The molecule has 2 rings (SSSR count). The van der Waals surface area contributed by atoms with Gasteiger partial charge in [-0.25, -0.2) is 0 Å². The summed E-state index contributed by atoms with van der Waals surface area (Å²) in [5, 5.41) is 2.42. The highest BCUT2D eigenvalue weighted by Gasteiger charge is 2.06. The molecule has 1 atom stereocenters. The Bertz CT molecular complexity index is 432. The SMILES string of the molecule is NC[C@@H](N)c1cccc2ccccc12. The van der Waals surface area contributed by atoms with Gasteiger partial charge in [-0.1, -0.05) is 42.5 Å². The number of hydrogen-bond acceptors (Lipinski definition) is 2. The number of fused-ring (bicyclic) bond motifs is 1. The normalized spacial score (nSPS) is 13.0. The van der Waals surface area contributed by atoms with Gasteiger partial charge in [0.2, 0.25) is 0 Å². The van der Waals surface area contributed by atoms with Gasteiger partial charge < -0.3 is 11.5 Å². The fraction of sp³-hybridized carbons (Fsp3) is 0.167. The molecule has 72 valence electrons. The Balaban J connectivity index is 2.65. The molecule has 14 heavy (non-hydrogen) atoms. The van der Waals surface area contributed by atoms with Gasteiger partial charge in [0.15, 0.2) is 0 Å². The van der Waals surface area contributed by atoms with Gasteiger partial charge in [-0.3, -0.25) is 0 Å². The lowest BCUT2D eigenvalue weighted by molar-refractivity contribution is 0.743. The predicted octanol–water partition coefficient (Wildman–Crippen LogP) is 1.80. The summed E-state index contributed by atoms with van der Waals surface area (Å²) in [6.07, 6.45) is 0. The van der Waals surface area contributed by atoms with Crippen LogP contribution in [-0.4, -0.2) is 6.54 Å². The zero-order valence-corrected chi connectivity index (χ0v) is 7.98. The quantitative estimate of drug-likeness (QED) is 0.751. The van der Waals surface area contributed by atoms with Crippen molar-refractivity contribution in [1.29, 1.82) is 0 Å². The molecule has 0 heterocycles. The molecule has 0 aliphatic rings. The van der Waals surface area contributed by atoms with Crippen LogP contribution in [-0.2, 0) is 0 Å². The molecular weight excluding hydrogens is 172 g/mol. The van der Waals surface area contributed by atoms with Gasteiger partial charge in [-0.05, 0) is 16.3 Å². The van der Waals surface area contributed by atoms with Crippen molar-refractivity contribution in [3.8, 4) is 0 Å². The van der Waals surface area contributed by atoms with E-state index in [0.717, 1.165) is 5.56 Å². The average Bonchev–Trinajstić information content (AvgIpc) is 2.27. The first-order valence-corrected chi connectivity index (χ1v) is 4.76. The number of benzene rings is 2. The maximum atomic E-state index is 5.94. The summed E-state index contributed by atoms with van der Waals surface area (Å²) in [6, 6.07) is 14.3. The molecular formula is C12H14N2. The van der Waals surface area contributed by atoms with E-state index in [9.17, 15) is 0 Å². The first-order chi connectivity index (χ1) is 6.83. The predicted molar refractivity (Wildman–Crippen MR) is 59.9 cm³/mol. The van der Waals surface area contributed by atoms with Crippen LogP contribution in [0.15, 0.2) is 42.5 Å². The van der Waals surface area contributed by atoms with E-state index in [1.165, 1.54) is 10.8 Å². The summed E-state index contributed by atoms with van der Waals surface area (Å²) in [5.74, 6) is 0. The minimum absolute atomic E-state index is 0.0684. The van der Waals surface area contributed by atoms with Crippen molar-refractivity contribution in [1.82, 2.24) is 0 Å². The van der Waals surface area contributed by atoms with E-state index in [0.29, 0.717) is 6.54 Å². The lowest BCUT2D eigenvalue weighted by Gasteiger charge is -2.12. The van der Waals surface area contributed by atoms with Crippen LogP contribution in [0.4, 0.5) is 0 Å². The van der Waals surface area contributed by atoms with E-state index in [1.807, 2.05) is 24.3 Å². The molecule has 0 aliphatic carbocycles. The Morgan fingerprint density at radius 2 is 1.71 bits per heavy atom. The van der Waals surface area contributed by atoms with Crippen molar-refractivity contribution in [2.75, 3.05) is 6.54 Å². The van der Waals surface area contributed by atoms with Crippen LogP contribution in [0.5, 0.6) is 0 Å². The third kappa shape index (κ3) is 1.50. The molecule has 0 radical (unpaired) electrons. The maximum absolute atomic E-state index is 5.94. The number of nitrogens with two attached hydrogens (primary N) is 2. The van der Waals surface area contributed by atoms with Gasteiger partial charge in [-0.15, -0.1) is 0 Å². The summed E-state index contributed by atoms with van der Waals surface area (Å²) in [6.45, 7) is 0.480. The molecule has 0 bridgehead atoms. The van der Waals surface area contributed by atoms with E-state index in [2.05, 4.69) is 18.2 Å². The number of rotatable bonds is 2. The van der Waals surface area contributed by atoms with Gasteiger partial charge >= 0.3 is 0 Å². The zero-order valence-electron chi connectivity index (χ0n) is 7.98. The molecule has 2 aromatic carbocycles. The second kappa shape index (κ2) is 3.78. The Hall–Kier alpha value is -1.38. The third-order valence-electron chi connectivity index (χ3n) is 2.48. The lowest BCUT2D eigenvalue weighted by Crippen LogP contribution is -2.20. The largest absolute Gasteiger partial charge is 0.329 e. The fourth-order valence-corrected chi connectivity index (χ4v) is 1.70. The Morgan fingerprint density at radius 1 is 1.00 bits per heavy atom. The van der Waals surface area contributed by atoms with Crippen LogP contribution in [0.2, 0.25) is 0 Å². The minimum Gasteiger partial charge on any atom is -0.329 e.